The minimum absolute atomic E-state index is 0.0281. The van der Waals surface area contributed by atoms with Gasteiger partial charge in [-0.25, -0.2) is 6.57 Å². The second-order valence-electron chi connectivity index (χ2n) is 17.9. The van der Waals surface area contributed by atoms with E-state index in [0.717, 1.165) is 90.4 Å². The van der Waals surface area contributed by atoms with Crippen molar-refractivity contribution >= 4 is 11.8 Å². The van der Waals surface area contributed by atoms with E-state index in [0.29, 0.717) is 48.2 Å². The summed E-state index contributed by atoms with van der Waals surface area (Å²) in [5, 5.41) is 0. The average molecular weight is 739 g/mol. The van der Waals surface area contributed by atoms with Crippen LogP contribution in [0.3, 0.4) is 0 Å². The van der Waals surface area contributed by atoms with Crippen LogP contribution < -0.4 is 5.73 Å². The molecule has 0 aliphatic carbocycles. The van der Waals surface area contributed by atoms with Gasteiger partial charge in [-0.3, -0.25) is 29.1 Å². The van der Waals surface area contributed by atoms with E-state index in [1.165, 1.54) is 11.1 Å². The zero-order valence-corrected chi connectivity index (χ0v) is 34.3. The summed E-state index contributed by atoms with van der Waals surface area (Å²) in [6, 6.07) is 22.5. The first-order valence-electron chi connectivity index (χ1n) is 21.3. The van der Waals surface area contributed by atoms with Gasteiger partial charge in [-0.05, 0) is 92.6 Å². The molecule has 0 aromatic heterocycles. The molecule has 54 heavy (non-hydrogen) atoms. The van der Waals surface area contributed by atoms with Crippen molar-refractivity contribution in [3.05, 3.63) is 83.2 Å². The maximum Gasteiger partial charge on any atom is 0.300 e. The first kappa shape index (κ1) is 41.9. The lowest BCUT2D eigenvalue weighted by Crippen LogP contribution is -2.50. The van der Waals surface area contributed by atoms with E-state index in [1.807, 2.05) is 4.90 Å². The van der Waals surface area contributed by atoms with Crippen molar-refractivity contribution in [3.8, 4) is 0 Å². The topological polar surface area (TPSA) is 77.5 Å². The molecule has 4 saturated heterocycles. The molecule has 2 aromatic rings. The number of fused-ring (bicyclic) bond motifs is 2. The molecule has 8 nitrogen and oxygen atoms in total. The molecule has 0 bridgehead atoms. The highest BCUT2D eigenvalue weighted by molar-refractivity contribution is 5.83. The standard InChI is InChI=1S/C23H33N3O.C23H37N3O/c1-17(2)14-22(24-4)25-13-12-20(11-10-19-8-6-5-7-9-19)26-16-18(3)15-21(26)23(25)27;1-17(2)13-21(15-24)25-12-11-20(10-9-19-7-5-4-6-8-19)26-16-18(3)14-22(26)23(25)27/h5-9,17-18,20-22H,10-16H2,1-3H3;4-8,17-18,20-22H,9-16,24H2,1-3H3/t18-,20?,21+,22-;18-,20?,21-,22+/m11/s1. The van der Waals surface area contributed by atoms with Gasteiger partial charge in [0.2, 0.25) is 11.8 Å². The molecule has 6 rings (SSSR count). The van der Waals surface area contributed by atoms with Gasteiger partial charge in [0.1, 0.15) is 0 Å². The van der Waals surface area contributed by atoms with E-state index in [4.69, 9.17) is 12.3 Å². The van der Waals surface area contributed by atoms with Crippen molar-refractivity contribution in [3.63, 3.8) is 0 Å². The Morgan fingerprint density at radius 3 is 1.57 bits per heavy atom. The fraction of sp³-hybridized carbons (Fsp3) is 0.674. The molecule has 0 spiro atoms. The molecule has 2 unspecified atom stereocenters. The molecule has 4 aliphatic heterocycles. The zero-order chi connectivity index (χ0) is 38.8. The first-order valence-corrected chi connectivity index (χ1v) is 21.3. The highest BCUT2D eigenvalue weighted by Crippen LogP contribution is 2.35. The van der Waals surface area contributed by atoms with Gasteiger partial charge in [0, 0.05) is 57.3 Å². The number of nitrogens with zero attached hydrogens (tertiary/aromatic N) is 5. The molecule has 4 heterocycles. The summed E-state index contributed by atoms with van der Waals surface area (Å²) < 4.78 is 0. The van der Waals surface area contributed by atoms with E-state index in [1.54, 1.807) is 0 Å². The lowest BCUT2D eigenvalue weighted by atomic mass is 10.00. The summed E-state index contributed by atoms with van der Waals surface area (Å²) in [5.74, 6) is 2.66. The number of hydrogen-bond donors (Lipinski definition) is 1. The third-order valence-corrected chi connectivity index (χ3v) is 12.4. The third kappa shape index (κ3) is 11.0. The van der Waals surface area contributed by atoms with Crippen molar-refractivity contribution < 1.29 is 9.59 Å². The summed E-state index contributed by atoms with van der Waals surface area (Å²) in [5.41, 5.74) is 8.86. The van der Waals surface area contributed by atoms with Gasteiger partial charge in [0.05, 0.1) is 12.1 Å². The van der Waals surface area contributed by atoms with E-state index in [9.17, 15) is 9.59 Å². The number of aryl methyl sites for hydroxylation is 2. The van der Waals surface area contributed by atoms with Crippen LogP contribution in [-0.4, -0.2) is 101 Å². The van der Waals surface area contributed by atoms with Crippen LogP contribution in [0.1, 0.15) is 104 Å². The van der Waals surface area contributed by atoms with Gasteiger partial charge >= 0.3 is 6.17 Å². The number of carbonyl (C=O) groups excluding carboxylic acids is 2. The summed E-state index contributed by atoms with van der Waals surface area (Å²) in [6.07, 6.45) is 9.79. The number of nitrogens with two attached hydrogens (primary N) is 1. The molecule has 2 amide bonds. The Balaban J connectivity index is 0.000000208. The molecule has 2 N–H and O–H groups in total. The first-order chi connectivity index (χ1) is 26.0. The summed E-state index contributed by atoms with van der Waals surface area (Å²) in [4.78, 5) is 39.6. The molecule has 0 radical (unpaired) electrons. The maximum atomic E-state index is 13.4. The van der Waals surface area contributed by atoms with Gasteiger partial charge in [0.15, 0.2) is 0 Å². The predicted octanol–water partition coefficient (Wildman–Crippen LogP) is 7.53. The Morgan fingerprint density at radius 2 is 1.15 bits per heavy atom. The van der Waals surface area contributed by atoms with Crippen molar-refractivity contribution in [2.75, 3.05) is 32.7 Å². The predicted molar refractivity (Wildman–Crippen MR) is 220 cm³/mol. The summed E-state index contributed by atoms with van der Waals surface area (Å²) >= 11 is 0. The smallest absolute Gasteiger partial charge is 0.300 e. The molecule has 296 valence electrons. The zero-order valence-electron chi connectivity index (χ0n) is 34.3. The largest absolute Gasteiger partial charge is 0.337 e. The van der Waals surface area contributed by atoms with Crippen molar-refractivity contribution in [1.82, 2.24) is 19.6 Å². The highest BCUT2D eigenvalue weighted by Gasteiger charge is 2.46. The average Bonchev–Trinajstić information content (AvgIpc) is 3.68. The van der Waals surface area contributed by atoms with E-state index in [-0.39, 0.29) is 30.2 Å². The van der Waals surface area contributed by atoms with Crippen molar-refractivity contribution in [2.24, 2.45) is 29.4 Å². The number of amides is 2. The molecule has 8 heteroatoms. The van der Waals surface area contributed by atoms with Crippen LogP contribution in [0.2, 0.25) is 0 Å². The molecule has 4 aliphatic rings. The summed E-state index contributed by atoms with van der Waals surface area (Å²) in [7, 11) is 0. The van der Waals surface area contributed by atoms with Gasteiger partial charge in [-0.1, -0.05) is 102 Å². The van der Waals surface area contributed by atoms with Crippen LogP contribution in [0, 0.1) is 30.2 Å². The lowest BCUT2D eigenvalue weighted by molar-refractivity contribution is -0.137. The van der Waals surface area contributed by atoms with E-state index >= 15 is 0 Å². The van der Waals surface area contributed by atoms with Crippen molar-refractivity contribution in [2.45, 2.75) is 142 Å². The van der Waals surface area contributed by atoms with Crippen LogP contribution in [0.25, 0.3) is 4.85 Å². The normalized spacial score (nSPS) is 27.5. The quantitative estimate of drug-likeness (QED) is 0.215. The van der Waals surface area contributed by atoms with Gasteiger partial charge in [-0.15, -0.1) is 0 Å². The van der Waals surface area contributed by atoms with Gasteiger partial charge in [0.25, 0.3) is 0 Å². The Kier molecular flexibility index (Phi) is 15.6. The van der Waals surface area contributed by atoms with Crippen LogP contribution in [0.5, 0.6) is 0 Å². The fourth-order valence-corrected chi connectivity index (χ4v) is 9.76. The fourth-order valence-electron chi connectivity index (χ4n) is 9.76. The number of rotatable bonds is 13. The van der Waals surface area contributed by atoms with Crippen LogP contribution >= 0.6 is 0 Å². The minimum atomic E-state index is -0.303. The Hall–Kier alpha value is -3.25. The monoisotopic (exact) mass is 739 g/mol. The van der Waals surface area contributed by atoms with Crippen molar-refractivity contribution in [1.29, 1.82) is 0 Å². The van der Waals surface area contributed by atoms with Gasteiger partial charge < -0.3 is 10.6 Å². The second kappa shape index (κ2) is 20.1. The number of benzene rings is 2. The molecule has 8 atom stereocenters. The second-order valence-corrected chi connectivity index (χ2v) is 17.9. The van der Waals surface area contributed by atoms with Crippen LogP contribution in [0.4, 0.5) is 0 Å². The Labute approximate surface area is 327 Å². The summed E-state index contributed by atoms with van der Waals surface area (Å²) in [6.45, 7) is 25.1. The third-order valence-electron chi connectivity index (χ3n) is 12.4. The van der Waals surface area contributed by atoms with Crippen LogP contribution in [-0.2, 0) is 22.4 Å². The maximum absolute atomic E-state index is 13.4. The molecule has 0 saturated carbocycles. The highest BCUT2D eigenvalue weighted by atomic mass is 16.2. The van der Waals surface area contributed by atoms with Gasteiger partial charge in [-0.2, -0.15) is 0 Å². The van der Waals surface area contributed by atoms with E-state index in [2.05, 4.69) is 122 Å². The molecule has 4 fully saturated rings. The Bertz CT molecular complexity index is 1490. The van der Waals surface area contributed by atoms with Crippen LogP contribution in [0.15, 0.2) is 60.7 Å². The lowest BCUT2D eigenvalue weighted by Gasteiger charge is -2.33. The Morgan fingerprint density at radius 1 is 0.704 bits per heavy atom. The molecule has 2 aromatic carbocycles. The SMILES string of the molecule is CC(C)C[C@H](CN)N1CCC(CCc2ccccc2)N2C[C@H](C)C[C@H]2C1=O.[C-]#[N+][C@@H](CC(C)C)N1CCC(CCc2ccccc2)N2C[C@H](C)C[C@H]2C1=O. The molecular formula is C46H70N6O2. The number of hydrogen-bond acceptors (Lipinski definition) is 5. The minimum Gasteiger partial charge on any atom is -0.337 e. The molecular weight excluding hydrogens is 669 g/mol. The number of carbonyl (C=O) groups is 2. The van der Waals surface area contributed by atoms with E-state index < -0.39 is 0 Å².